The molecular formula is C14H11IO6Zn. The van der Waals surface area contributed by atoms with E-state index in [0.717, 1.165) is 3.57 Å². The van der Waals surface area contributed by atoms with E-state index >= 15 is 0 Å². The Morgan fingerprint density at radius 3 is 1.73 bits per heavy atom. The summed E-state index contributed by atoms with van der Waals surface area (Å²) >= 11 is 1.98. The molecule has 2 rings (SSSR count). The largest absolute Gasteiger partial charge is 0.507 e. The number of aromatic hydroxyl groups is 2. The molecule has 0 spiro atoms. The minimum atomic E-state index is -1.11. The molecule has 2 aromatic carbocycles. The fraction of sp³-hybridized carbons (Fsp3) is 0. The third-order valence-electron chi connectivity index (χ3n) is 2.32. The second-order valence-electron chi connectivity index (χ2n) is 3.79. The van der Waals surface area contributed by atoms with Crippen molar-refractivity contribution in [1.29, 1.82) is 0 Å². The van der Waals surface area contributed by atoms with E-state index < -0.39 is 11.9 Å². The molecule has 4 N–H and O–H groups in total. The molecule has 0 saturated carbocycles. The number of hydrogen-bond acceptors (Lipinski definition) is 4. The number of carbonyl (C=O) groups is 2. The maximum absolute atomic E-state index is 10.4. The van der Waals surface area contributed by atoms with Gasteiger partial charge in [0.2, 0.25) is 0 Å². The molecule has 0 amide bonds. The van der Waals surface area contributed by atoms with E-state index in [1.165, 1.54) is 24.3 Å². The Morgan fingerprint density at radius 1 is 0.818 bits per heavy atom. The van der Waals surface area contributed by atoms with Gasteiger partial charge in [-0.1, -0.05) is 12.1 Å². The Bertz CT molecular complexity index is 674. The van der Waals surface area contributed by atoms with Crippen molar-refractivity contribution in [3.63, 3.8) is 0 Å². The maximum Gasteiger partial charge on any atom is 0.339 e. The number of rotatable bonds is 2. The molecule has 0 aliphatic heterocycles. The average Bonchev–Trinajstić information content (AvgIpc) is 2.42. The fourth-order valence-corrected chi connectivity index (χ4v) is 1.83. The standard InChI is InChI=1S/C7H5IO3.C7H6O3.Zn/c8-4-1-2-6(9)5(3-4)7(10)11;8-6-4-2-1-3-5(6)7(9)10;/h1-3,9H,(H,10,11);1-4,8H,(H,9,10);. The van der Waals surface area contributed by atoms with Crippen LogP contribution >= 0.6 is 22.6 Å². The second kappa shape index (κ2) is 9.37. The zero-order valence-electron chi connectivity index (χ0n) is 11.2. The second-order valence-corrected chi connectivity index (χ2v) is 5.03. The van der Waals surface area contributed by atoms with E-state index in [1.807, 2.05) is 22.6 Å². The number of hydrogen-bond donors (Lipinski definition) is 4. The van der Waals surface area contributed by atoms with E-state index in [0.29, 0.717) is 0 Å². The summed E-state index contributed by atoms with van der Waals surface area (Å²) in [6.07, 6.45) is 0. The third-order valence-corrected chi connectivity index (χ3v) is 2.99. The van der Waals surface area contributed by atoms with E-state index in [-0.39, 0.29) is 42.1 Å². The first kappa shape index (κ1) is 20.3. The van der Waals surface area contributed by atoms with Crippen molar-refractivity contribution in [3.05, 3.63) is 57.2 Å². The summed E-state index contributed by atoms with van der Waals surface area (Å²) in [7, 11) is 0. The monoisotopic (exact) mass is 466 g/mol. The van der Waals surface area contributed by atoms with Crippen LogP contribution in [-0.4, -0.2) is 32.4 Å². The summed E-state index contributed by atoms with van der Waals surface area (Å²) in [6, 6.07) is 10.2. The van der Waals surface area contributed by atoms with Gasteiger partial charge in [-0.15, -0.1) is 0 Å². The van der Waals surface area contributed by atoms with Crippen molar-refractivity contribution in [2.45, 2.75) is 0 Å². The Morgan fingerprint density at radius 2 is 1.32 bits per heavy atom. The van der Waals surface area contributed by atoms with Gasteiger partial charge in [-0.25, -0.2) is 9.59 Å². The smallest absolute Gasteiger partial charge is 0.339 e. The van der Waals surface area contributed by atoms with Crippen molar-refractivity contribution in [1.82, 2.24) is 0 Å². The maximum atomic E-state index is 10.4. The zero-order valence-corrected chi connectivity index (χ0v) is 16.4. The number of phenols is 2. The molecule has 2 aromatic rings. The topological polar surface area (TPSA) is 115 Å². The van der Waals surface area contributed by atoms with Crippen molar-refractivity contribution in [2.75, 3.05) is 0 Å². The van der Waals surface area contributed by atoms with Gasteiger partial charge in [0.1, 0.15) is 22.6 Å². The first-order chi connectivity index (χ1) is 9.82. The molecule has 6 nitrogen and oxygen atoms in total. The first-order valence-electron chi connectivity index (χ1n) is 5.56. The van der Waals surface area contributed by atoms with E-state index in [1.54, 1.807) is 18.2 Å². The summed E-state index contributed by atoms with van der Waals surface area (Å²) in [5, 5.41) is 34.9. The van der Waals surface area contributed by atoms with Crippen LogP contribution in [0, 0.1) is 3.57 Å². The molecule has 0 saturated heterocycles. The van der Waals surface area contributed by atoms with Crippen molar-refractivity contribution < 1.29 is 49.5 Å². The van der Waals surface area contributed by atoms with Gasteiger partial charge in [0.15, 0.2) is 0 Å². The van der Waals surface area contributed by atoms with E-state index in [9.17, 15) is 9.59 Å². The Labute approximate surface area is 152 Å². The number of carboxylic acid groups (broad SMARTS) is 2. The van der Waals surface area contributed by atoms with Gasteiger partial charge in [0.05, 0.1) is 0 Å². The molecule has 0 aliphatic carbocycles. The van der Waals surface area contributed by atoms with E-state index in [4.69, 9.17) is 20.4 Å². The van der Waals surface area contributed by atoms with Gasteiger partial charge < -0.3 is 20.4 Å². The molecule has 112 valence electrons. The van der Waals surface area contributed by atoms with Crippen LogP contribution < -0.4 is 0 Å². The van der Waals surface area contributed by atoms with Crippen LogP contribution in [0.3, 0.4) is 0 Å². The molecule has 0 fully saturated rings. The van der Waals surface area contributed by atoms with Crippen LogP contribution in [0.2, 0.25) is 0 Å². The van der Waals surface area contributed by atoms with Gasteiger partial charge in [0.25, 0.3) is 0 Å². The SMILES string of the molecule is O=C(O)c1cc(I)ccc1O.O=C(O)c1ccccc1O.[Zn]. The summed E-state index contributed by atoms with van der Waals surface area (Å²) in [5.41, 5.74) is -0.126. The number of carboxylic acids is 2. The van der Waals surface area contributed by atoms with Gasteiger partial charge in [-0.05, 0) is 52.9 Å². The normalized spacial score (nSPS) is 8.95. The predicted molar refractivity (Wildman–Crippen MR) is 82.8 cm³/mol. The Hall–Kier alpha value is -1.67. The molecule has 0 radical (unpaired) electrons. The molecule has 0 aromatic heterocycles. The number of para-hydroxylation sites is 1. The molecular weight excluding hydrogens is 456 g/mol. The average molecular weight is 468 g/mol. The molecule has 0 bridgehead atoms. The molecule has 0 aliphatic rings. The van der Waals surface area contributed by atoms with Crippen LogP contribution in [0.5, 0.6) is 11.5 Å². The number of aromatic carboxylic acids is 2. The van der Waals surface area contributed by atoms with Crippen LogP contribution in [-0.2, 0) is 19.5 Å². The minimum absolute atomic E-state index is 0. The Kier molecular flexibility index (Phi) is 8.66. The van der Waals surface area contributed by atoms with Crippen molar-refractivity contribution in [2.24, 2.45) is 0 Å². The number of halogens is 1. The van der Waals surface area contributed by atoms with Gasteiger partial charge in [0, 0.05) is 23.0 Å². The summed E-state index contributed by atoms with van der Waals surface area (Å²) < 4.78 is 0.790. The van der Waals surface area contributed by atoms with Crippen molar-refractivity contribution >= 4 is 34.5 Å². The van der Waals surface area contributed by atoms with Gasteiger partial charge in [-0.2, -0.15) is 0 Å². The minimum Gasteiger partial charge on any atom is -0.507 e. The summed E-state index contributed by atoms with van der Waals surface area (Å²) in [5.74, 6) is -2.62. The van der Waals surface area contributed by atoms with Crippen LogP contribution in [0.1, 0.15) is 20.7 Å². The van der Waals surface area contributed by atoms with Crippen molar-refractivity contribution in [3.8, 4) is 11.5 Å². The quantitative estimate of drug-likeness (QED) is 0.399. The third kappa shape index (κ3) is 5.99. The molecule has 0 unspecified atom stereocenters. The molecule has 22 heavy (non-hydrogen) atoms. The Balaban J connectivity index is 0.000000385. The summed E-state index contributed by atoms with van der Waals surface area (Å²) in [6.45, 7) is 0. The zero-order chi connectivity index (χ0) is 16.0. The van der Waals surface area contributed by atoms with Gasteiger partial charge in [-0.3, -0.25) is 0 Å². The van der Waals surface area contributed by atoms with E-state index in [2.05, 4.69) is 0 Å². The van der Waals surface area contributed by atoms with Crippen LogP contribution in [0.4, 0.5) is 0 Å². The summed E-state index contributed by atoms with van der Waals surface area (Å²) in [4.78, 5) is 20.7. The molecule has 8 heteroatoms. The predicted octanol–water partition coefficient (Wildman–Crippen LogP) is 2.78. The molecule has 0 atom stereocenters. The number of benzene rings is 2. The molecule has 0 heterocycles. The van der Waals surface area contributed by atoms with Crippen LogP contribution in [0.15, 0.2) is 42.5 Å². The van der Waals surface area contributed by atoms with Crippen LogP contribution in [0.25, 0.3) is 0 Å². The van der Waals surface area contributed by atoms with Gasteiger partial charge >= 0.3 is 11.9 Å². The first-order valence-corrected chi connectivity index (χ1v) is 6.64. The fourth-order valence-electron chi connectivity index (χ4n) is 1.33.